The van der Waals surface area contributed by atoms with Gasteiger partial charge in [-0.1, -0.05) is 45.7 Å². The summed E-state index contributed by atoms with van der Waals surface area (Å²) in [6.07, 6.45) is 4.49. The first-order valence-electron chi connectivity index (χ1n) is 10.9. The predicted molar refractivity (Wildman–Crippen MR) is 122 cm³/mol. The van der Waals surface area contributed by atoms with Crippen molar-refractivity contribution in [1.82, 2.24) is 14.3 Å². The van der Waals surface area contributed by atoms with Gasteiger partial charge in [0.15, 0.2) is 5.65 Å². The molecule has 2 heterocycles. The second-order valence-corrected chi connectivity index (χ2v) is 7.61. The Hall–Kier alpha value is -2.58. The smallest absolute Gasteiger partial charge is 0.157 e. The number of benzene rings is 1. The molecule has 3 aromatic rings. The number of fused-ring (bicyclic) bond motifs is 3. The molecular weight excluding hydrogens is 358 g/mol. The van der Waals surface area contributed by atoms with E-state index in [1.165, 1.54) is 18.4 Å². The van der Waals surface area contributed by atoms with Gasteiger partial charge in [0.05, 0.1) is 16.6 Å². The van der Waals surface area contributed by atoms with Gasteiger partial charge in [-0.2, -0.15) is 5.26 Å². The minimum absolute atomic E-state index is 0.696. The van der Waals surface area contributed by atoms with Crippen LogP contribution in [0.25, 0.3) is 16.7 Å². The number of rotatable bonds is 10. The Morgan fingerprint density at radius 3 is 2.59 bits per heavy atom. The van der Waals surface area contributed by atoms with Crippen molar-refractivity contribution >= 4 is 22.5 Å². The molecule has 154 valence electrons. The van der Waals surface area contributed by atoms with Crippen LogP contribution in [0.4, 0.5) is 5.82 Å². The number of nitrogens with one attached hydrogen (secondary N) is 1. The molecule has 2 aromatic heterocycles. The molecule has 0 spiro atoms. The topological polar surface area (TPSA) is 56.4 Å². The van der Waals surface area contributed by atoms with Gasteiger partial charge in [-0.05, 0) is 56.1 Å². The van der Waals surface area contributed by atoms with Crippen LogP contribution in [0.3, 0.4) is 0 Å². The molecule has 5 nitrogen and oxygen atoms in total. The number of anilines is 1. The van der Waals surface area contributed by atoms with Crippen molar-refractivity contribution in [2.75, 3.05) is 31.5 Å². The number of imidazole rings is 1. The molecule has 0 aliphatic carbocycles. The SMILES string of the molecule is CCCCCc1c(C)c(C#N)c2nc3ccccc3n2c1NCCN(CC)CC. The summed E-state index contributed by atoms with van der Waals surface area (Å²) >= 11 is 0. The van der Waals surface area contributed by atoms with Crippen LogP contribution in [0, 0.1) is 18.3 Å². The average molecular weight is 392 g/mol. The van der Waals surface area contributed by atoms with Crippen LogP contribution in [-0.2, 0) is 6.42 Å². The van der Waals surface area contributed by atoms with Gasteiger partial charge in [-0.25, -0.2) is 4.98 Å². The van der Waals surface area contributed by atoms with Crippen molar-refractivity contribution in [2.24, 2.45) is 0 Å². The molecule has 0 unspecified atom stereocenters. The molecule has 1 N–H and O–H groups in total. The first kappa shape index (κ1) is 21.1. The molecule has 29 heavy (non-hydrogen) atoms. The number of likely N-dealkylation sites (N-methyl/N-ethyl adjacent to an activating group) is 1. The van der Waals surface area contributed by atoms with E-state index in [2.05, 4.69) is 54.4 Å². The lowest BCUT2D eigenvalue weighted by Gasteiger charge is -2.22. The van der Waals surface area contributed by atoms with Crippen molar-refractivity contribution < 1.29 is 0 Å². The van der Waals surface area contributed by atoms with Gasteiger partial charge in [0.25, 0.3) is 0 Å². The Labute approximate surface area is 174 Å². The van der Waals surface area contributed by atoms with E-state index in [0.717, 1.165) is 67.1 Å². The molecule has 0 aliphatic heterocycles. The highest BCUT2D eigenvalue weighted by Gasteiger charge is 2.20. The maximum absolute atomic E-state index is 9.91. The summed E-state index contributed by atoms with van der Waals surface area (Å²) in [5.74, 6) is 1.11. The molecule has 3 rings (SSSR count). The number of nitriles is 1. The molecule has 0 bridgehead atoms. The van der Waals surface area contributed by atoms with E-state index in [-0.39, 0.29) is 0 Å². The number of hydrogen-bond acceptors (Lipinski definition) is 4. The van der Waals surface area contributed by atoms with Crippen LogP contribution in [0.5, 0.6) is 0 Å². The molecule has 1 aromatic carbocycles. The highest BCUT2D eigenvalue weighted by atomic mass is 15.2. The molecule has 0 saturated heterocycles. The third-order valence-electron chi connectivity index (χ3n) is 5.88. The Morgan fingerprint density at radius 1 is 1.14 bits per heavy atom. The fourth-order valence-electron chi connectivity index (χ4n) is 4.10. The second kappa shape index (κ2) is 9.76. The molecule has 0 atom stereocenters. The zero-order chi connectivity index (χ0) is 20.8. The quantitative estimate of drug-likeness (QED) is 0.485. The molecule has 0 saturated carbocycles. The number of para-hydroxylation sites is 2. The minimum Gasteiger partial charge on any atom is -0.370 e. The first-order chi connectivity index (χ1) is 14.2. The summed E-state index contributed by atoms with van der Waals surface area (Å²) in [5.41, 5.74) is 5.77. The van der Waals surface area contributed by atoms with Crippen LogP contribution < -0.4 is 5.32 Å². The molecule has 5 heteroatoms. The van der Waals surface area contributed by atoms with Gasteiger partial charge in [0, 0.05) is 13.1 Å². The van der Waals surface area contributed by atoms with Gasteiger partial charge in [-0.15, -0.1) is 0 Å². The monoisotopic (exact) mass is 391 g/mol. The van der Waals surface area contributed by atoms with Crippen molar-refractivity contribution in [2.45, 2.75) is 53.4 Å². The van der Waals surface area contributed by atoms with Gasteiger partial charge in [0.1, 0.15) is 11.9 Å². The molecule has 0 amide bonds. The van der Waals surface area contributed by atoms with Gasteiger partial charge in [-0.3, -0.25) is 4.40 Å². The lowest BCUT2D eigenvalue weighted by Crippen LogP contribution is -2.29. The third-order valence-corrected chi connectivity index (χ3v) is 5.88. The second-order valence-electron chi connectivity index (χ2n) is 7.61. The summed E-state index contributed by atoms with van der Waals surface area (Å²) in [7, 11) is 0. The maximum Gasteiger partial charge on any atom is 0.157 e. The molecule has 0 radical (unpaired) electrons. The predicted octanol–water partition coefficient (Wildman–Crippen LogP) is 5.15. The number of unbranched alkanes of at least 4 members (excludes halogenated alkanes) is 2. The summed E-state index contributed by atoms with van der Waals surface area (Å²) in [5, 5.41) is 13.6. The van der Waals surface area contributed by atoms with Crippen LogP contribution in [0.15, 0.2) is 24.3 Å². The van der Waals surface area contributed by atoms with E-state index in [4.69, 9.17) is 4.98 Å². The van der Waals surface area contributed by atoms with E-state index in [0.29, 0.717) is 5.56 Å². The maximum atomic E-state index is 9.91. The Kier molecular flexibility index (Phi) is 7.11. The van der Waals surface area contributed by atoms with Crippen molar-refractivity contribution in [3.63, 3.8) is 0 Å². The number of nitrogens with zero attached hydrogens (tertiary/aromatic N) is 4. The summed E-state index contributed by atoms with van der Waals surface area (Å²) in [6, 6.07) is 10.6. The average Bonchev–Trinajstić information content (AvgIpc) is 3.12. The fraction of sp³-hybridized carbons (Fsp3) is 0.500. The highest BCUT2D eigenvalue weighted by Crippen LogP contribution is 2.32. The normalized spacial score (nSPS) is 11.4. The molecule has 0 aliphatic rings. The summed E-state index contributed by atoms with van der Waals surface area (Å²) in [4.78, 5) is 7.23. The van der Waals surface area contributed by atoms with E-state index >= 15 is 0 Å². The van der Waals surface area contributed by atoms with E-state index in [1.54, 1.807) is 0 Å². The number of pyridine rings is 1. The zero-order valence-electron chi connectivity index (χ0n) is 18.3. The molecular formula is C24H33N5. The number of hydrogen-bond donors (Lipinski definition) is 1. The van der Waals surface area contributed by atoms with Gasteiger partial charge in [0.2, 0.25) is 0 Å². The highest BCUT2D eigenvalue weighted by molar-refractivity contribution is 5.86. The van der Waals surface area contributed by atoms with Crippen molar-refractivity contribution in [3.8, 4) is 6.07 Å². The van der Waals surface area contributed by atoms with Crippen LogP contribution in [0.1, 0.15) is 56.7 Å². The fourth-order valence-corrected chi connectivity index (χ4v) is 4.10. The standard InChI is InChI=1S/C24H33N5/c1-5-8-9-12-19-18(4)20(17-25)24-27-21-13-10-11-14-22(21)29(24)23(19)26-15-16-28(6-2)7-3/h10-11,13-14,26H,5-9,12,15-16H2,1-4H3. The Bertz CT molecular complexity index is 1010. The van der Waals surface area contributed by atoms with E-state index < -0.39 is 0 Å². The zero-order valence-corrected chi connectivity index (χ0v) is 18.3. The van der Waals surface area contributed by atoms with Crippen LogP contribution in [0.2, 0.25) is 0 Å². The first-order valence-corrected chi connectivity index (χ1v) is 10.9. The van der Waals surface area contributed by atoms with Crippen molar-refractivity contribution in [1.29, 1.82) is 5.26 Å². The Balaban J connectivity index is 2.15. The van der Waals surface area contributed by atoms with E-state index in [1.807, 2.05) is 18.2 Å². The lowest BCUT2D eigenvalue weighted by molar-refractivity contribution is 0.316. The van der Waals surface area contributed by atoms with E-state index in [9.17, 15) is 5.26 Å². The van der Waals surface area contributed by atoms with Crippen LogP contribution in [-0.4, -0.2) is 40.5 Å². The minimum atomic E-state index is 0.696. The largest absolute Gasteiger partial charge is 0.370 e. The van der Waals surface area contributed by atoms with Crippen LogP contribution >= 0.6 is 0 Å². The third kappa shape index (κ3) is 4.23. The Morgan fingerprint density at radius 2 is 1.90 bits per heavy atom. The number of aromatic nitrogens is 2. The lowest BCUT2D eigenvalue weighted by atomic mass is 9.99. The van der Waals surface area contributed by atoms with Gasteiger partial charge >= 0.3 is 0 Å². The summed E-state index contributed by atoms with van der Waals surface area (Å²) in [6.45, 7) is 12.7. The van der Waals surface area contributed by atoms with Gasteiger partial charge < -0.3 is 10.2 Å². The van der Waals surface area contributed by atoms with Crippen molar-refractivity contribution in [3.05, 3.63) is 41.0 Å². The molecule has 0 fully saturated rings. The summed E-state index contributed by atoms with van der Waals surface area (Å²) < 4.78 is 2.17.